The Morgan fingerprint density at radius 2 is 1.77 bits per heavy atom. The van der Waals surface area contributed by atoms with Crippen LogP contribution in [0.4, 0.5) is 9.18 Å². The molecule has 1 atom stereocenters. The smallest absolute Gasteiger partial charge is 0.340 e. The van der Waals surface area contributed by atoms with Crippen molar-refractivity contribution in [3.05, 3.63) is 53.1 Å². The molecule has 0 saturated heterocycles. The van der Waals surface area contributed by atoms with Gasteiger partial charge in [-0.05, 0) is 51.1 Å². The van der Waals surface area contributed by atoms with Crippen LogP contribution in [0.3, 0.4) is 0 Å². The number of carbonyl (C=O) groups is 3. The van der Waals surface area contributed by atoms with Crippen LogP contribution in [-0.4, -0.2) is 35.6 Å². The summed E-state index contributed by atoms with van der Waals surface area (Å²) >= 11 is 0. The van der Waals surface area contributed by atoms with Gasteiger partial charge in [0, 0.05) is 24.1 Å². The first-order valence-corrected chi connectivity index (χ1v) is 7.93. The van der Waals surface area contributed by atoms with E-state index in [1.165, 1.54) is 26.1 Å². The maximum atomic E-state index is 13.1. The zero-order valence-electron chi connectivity index (χ0n) is 14.9. The molecular formula is C18H20FN3O4. The zero-order valence-corrected chi connectivity index (χ0v) is 14.9. The van der Waals surface area contributed by atoms with Crippen molar-refractivity contribution in [1.82, 2.24) is 15.2 Å². The zero-order chi connectivity index (χ0) is 19.4. The van der Waals surface area contributed by atoms with E-state index in [-0.39, 0.29) is 11.4 Å². The number of urea groups is 1. The number of nitrogens with one attached hydrogen (secondary N) is 2. The summed E-state index contributed by atoms with van der Waals surface area (Å²) in [5.74, 6) is -1.78. The minimum Gasteiger partial charge on any atom is -0.449 e. The first-order valence-electron chi connectivity index (χ1n) is 7.93. The summed E-state index contributed by atoms with van der Waals surface area (Å²) in [6, 6.07) is 6.81. The second kappa shape index (κ2) is 7.81. The fourth-order valence-electron chi connectivity index (χ4n) is 2.51. The van der Waals surface area contributed by atoms with Crippen LogP contribution >= 0.6 is 0 Å². The molecule has 26 heavy (non-hydrogen) atoms. The van der Waals surface area contributed by atoms with Crippen molar-refractivity contribution in [3.63, 3.8) is 0 Å². The summed E-state index contributed by atoms with van der Waals surface area (Å²) < 4.78 is 20.0. The van der Waals surface area contributed by atoms with E-state index in [9.17, 15) is 18.8 Å². The van der Waals surface area contributed by atoms with E-state index in [0.717, 1.165) is 5.69 Å². The number of esters is 1. The number of aryl methyl sites for hydroxylation is 1. The number of nitrogens with zero attached hydrogens (tertiary/aromatic N) is 1. The van der Waals surface area contributed by atoms with Crippen LogP contribution < -0.4 is 10.6 Å². The average molecular weight is 361 g/mol. The lowest BCUT2D eigenvalue weighted by Crippen LogP contribution is -2.43. The molecule has 7 nitrogen and oxygen atoms in total. The lowest BCUT2D eigenvalue weighted by atomic mass is 10.2. The predicted molar refractivity (Wildman–Crippen MR) is 92.7 cm³/mol. The van der Waals surface area contributed by atoms with Gasteiger partial charge >= 0.3 is 12.0 Å². The molecule has 0 aliphatic heterocycles. The summed E-state index contributed by atoms with van der Waals surface area (Å²) in [5, 5.41) is 4.28. The highest BCUT2D eigenvalue weighted by Crippen LogP contribution is 2.22. The third-order valence-corrected chi connectivity index (χ3v) is 3.85. The van der Waals surface area contributed by atoms with E-state index < -0.39 is 24.0 Å². The van der Waals surface area contributed by atoms with Crippen LogP contribution in [0.2, 0.25) is 0 Å². The third kappa shape index (κ3) is 4.08. The van der Waals surface area contributed by atoms with Crippen molar-refractivity contribution in [1.29, 1.82) is 0 Å². The van der Waals surface area contributed by atoms with E-state index >= 15 is 0 Å². The van der Waals surface area contributed by atoms with Crippen LogP contribution in [0.5, 0.6) is 0 Å². The lowest BCUT2D eigenvalue weighted by molar-refractivity contribution is -0.127. The molecule has 3 amide bonds. The SMILES string of the molecule is CNC(=O)NC(=O)C(C)OC(=O)c1cc(C)n(-c2ccc(F)cc2)c1C. The Balaban J connectivity index is 2.20. The van der Waals surface area contributed by atoms with Gasteiger partial charge in [-0.2, -0.15) is 0 Å². The van der Waals surface area contributed by atoms with E-state index in [1.807, 2.05) is 5.32 Å². The Hall–Kier alpha value is -3.16. The predicted octanol–water partition coefficient (Wildman–Crippen LogP) is 2.23. The van der Waals surface area contributed by atoms with Crippen LogP contribution in [0.1, 0.15) is 28.7 Å². The van der Waals surface area contributed by atoms with Crippen molar-refractivity contribution in [2.45, 2.75) is 26.9 Å². The Morgan fingerprint density at radius 1 is 1.15 bits per heavy atom. The van der Waals surface area contributed by atoms with Crippen molar-refractivity contribution in [3.8, 4) is 5.69 Å². The fourth-order valence-corrected chi connectivity index (χ4v) is 2.51. The second-order valence-electron chi connectivity index (χ2n) is 5.71. The Labute approximate surface area is 150 Å². The molecule has 8 heteroatoms. The highest BCUT2D eigenvalue weighted by Gasteiger charge is 2.23. The standard InChI is InChI=1S/C18H20FN3O4/c1-10-9-15(11(2)22(10)14-7-5-13(19)6-8-14)17(24)26-12(3)16(23)21-18(25)20-4/h5-9,12H,1-4H3,(H2,20,21,23,25). The quantitative estimate of drug-likeness (QED) is 0.818. The first kappa shape index (κ1) is 19.2. The number of carbonyl (C=O) groups excluding carboxylic acids is 3. The van der Waals surface area contributed by atoms with Crippen molar-refractivity contribution >= 4 is 17.9 Å². The molecule has 0 fully saturated rings. The minimum absolute atomic E-state index is 0.284. The number of aromatic nitrogens is 1. The molecule has 0 aliphatic carbocycles. The normalized spacial score (nSPS) is 11.6. The summed E-state index contributed by atoms with van der Waals surface area (Å²) in [6.45, 7) is 4.90. The van der Waals surface area contributed by atoms with Crippen LogP contribution in [0.25, 0.3) is 5.69 Å². The molecule has 0 radical (unpaired) electrons. The lowest BCUT2D eigenvalue weighted by Gasteiger charge is -2.13. The number of ether oxygens (including phenoxy) is 1. The summed E-state index contributed by atoms with van der Waals surface area (Å²) in [5.41, 5.74) is 2.33. The van der Waals surface area contributed by atoms with Crippen molar-refractivity contribution in [2.24, 2.45) is 0 Å². The van der Waals surface area contributed by atoms with Gasteiger partial charge in [0.2, 0.25) is 0 Å². The molecule has 2 aromatic rings. The number of halogens is 1. The Kier molecular flexibility index (Phi) is 5.76. The van der Waals surface area contributed by atoms with E-state index in [2.05, 4.69) is 5.32 Å². The molecular weight excluding hydrogens is 341 g/mol. The molecule has 138 valence electrons. The molecule has 0 saturated carbocycles. The van der Waals surface area contributed by atoms with E-state index in [0.29, 0.717) is 11.4 Å². The average Bonchev–Trinajstić information content (AvgIpc) is 2.90. The van der Waals surface area contributed by atoms with Gasteiger partial charge in [0.25, 0.3) is 5.91 Å². The number of hydrogen-bond donors (Lipinski definition) is 2. The van der Waals surface area contributed by atoms with Gasteiger partial charge in [0.15, 0.2) is 6.10 Å². The van der Waals surface area contributed by atoms with E-state index in [1.54, 1.807) is 36.6 Å². The van der Waals surface area contributed by atoms with Gasteiger partial charge in [0.1, 0.15) is 5.82 Å². The number of imide groups is 1. The third-order valence-electron chi connectivity index (χ3n) is 3.85. The first-order chi connectivity index (χ1) is 12.2. The van der Waals surface area contributed by atoms with Gasteiger partial charge in [-0.1, -0.05) is 0 Å². The summed E-state index contributed by atoms with van der Waals surface area (Å²) in [7, 11) is 1.36. The monoisotopic (exact) mass is 361 g/mol. The van der Waals surface area contributed by atoms with Gasteiger partial charge in [-0.15, -0.1) is 0 Å². The topological polar surface area (TPSA) is 89.4 Å². The Bertz CT molecular complexity index is 843. The molecule has 1 aromatic carbocycles. The van der Waals surface area contributed by atoms with E-state index in [4.69, 9.17) is 4.74 Å². The fraction of sp³-hybridized carbons (Fsp3) is 0.278. The number of amides is 3. The Morgan fingerprint density at radius 3 is 2.35 bits per heavy atom. The second-order valence-corrected chi connectivity index (χ2v) is 5.71. The molecule has 0 bridgehead atoms. The van der Waals surface area contributed by atoms with Crippen molar-refractivity contribution in [2.75, 3.05) is 7.05 Å². The van der Waals surface area contributed by atoms with Gasteiger partial charge in [0.05, 0.1) is 5.56 Å². The maximum Gasteiger partial charge on any atom is 0.340 e. The van der Waals surface area contributed by atoms with Gasteiger partial charge < -0.3 is 14.6 Å². The number of benzene rings is 1. The van der Waals surface area contributed by atoms with Crippen LogP contribution in [0.15, 0.2) is 30.3 Å². The van der Waals surface area contributed by atoms with Crippen molar-refractivity contribution < 1.29 is 23.5 Å². The summed E-state index contributed by atoms with van der Waals surface area (Å²) in [6.07, 6.45) is -1.14. The van der Waals surface area contributed by atoms with Gasteiger partial charge in [-0.3, -0.25) is 10.1 Å². The molecule has 0 aliphatic rings. The molecule has 2 rings (SSSR count). The minimum atomic E-state index is -1.14. The number of rotatable bonds is 4. The highest BCUT2D eigenvalue weighted by atomic mass is 19.1. The maximum absolute atomic E-state index is 13.1. The molecule has 0 spiro atoms. The number of hydrogen-bond acceptors (Lipinski definition) is 4. The molecule has 2 N–H and O–H groups in total. The largest absolute Gasteiger partial charge is 0.449 e. The summed E-state index contributed by atoms with van der Waals surface area (Å²) in [4.78, 5) is 35.4. The van der Waals surface area contributed by atoms with Crippen LogP contribution in [0, 0.1) is 19.7 Å². The van der Waals surface area contributed by atoms with Gasteiger partial charge in [-0.25, -0.2) is 14.0 Å². The molecule has 1 aromatic heterocycles. The molecule has 1 heterocycles. The molecule has 1 unspecified atom stereocenters. The van der Waals surface area contributed by atoms with Crippen LogP contribution in [-0.2, 0) is 9.53 Å². The highest BCUT2D eigenvalue weighted by molar-refractivity contribution is 5.98.